The molecule has 2 aromatic carbocycles. The highest BCUT2D eigenvalue weighted by Crippen LogP contribution is 2.47. The van der Waals surface area contributed by atoms with Crippen LogP contribution < -0.4 is 16.0 Å². The van der Waals surface area contributed by atoms with E-state index in [1.54, 1.807) is 6.08 Å². The van der Waals surface area contributed by atoms with E-state index in [0.717, 1.165) is 55.7 Å². The lowest BCUT2D eigenvalue weighted by Crippen LogP contribution is -2.51. The van der Waals surface area contributed by atoms with Crippen LogP contribution >= 0.6 is 0 Å². The van der Waals surface area contributed by atoms with Crippen LogP contribution in [0, 0.1) is 23.0 Å². The maximum Gasteiger partial charge on any atom is 0.247 e. The Morgan fingerprint density at radius 1 is 1.00 bits per heavy atom. The van der Waals surface area contributed by atoms with Gasteiger partial charge in [-0.15, -0.1) is 0 Å². The topological polar surface area (TPSA) is 90.5 Å². The maximum atomic E-state index is 14.1. The molecule has 1 unspecified atom stereocenters. The molecule has 1 fully saturated rings. The monoisotopic (exact) mass is 607 g/mol. The lowest BCUT2D eigenvalue weighted by molar-refractivity contribution is -0.132. The van der Waals surface area contributed by atoms with Gasteiger partial charge in [0.25, 0.3) is 0 Å². The van der Waals surface area contributed by atoms with Crippen molar-refractivity contribution in [1.29, 1.82) is 0 Å². The molecular weight excluding hydrogens is 560 g/mol. The van der Waals surface area contributed by atoms with Crippen LogP contribution in [0.3, 0.4) is 0 Å². The van der Waals surface area contributed by atoms with E-state index in [0.29, 0.717) is 24.2 Å². The van der Waals surface area contributed by atoms with Crippen molar-refractivity contribution in [3.8, 4) is 0 Å². The highest BCUT2D eigenvalue weighted by molar-refractivity contribution is 5.97. The van der Waals surface area contributed by atoms with Gasteiger partial charge in [-0.2, -0.15) is 0 Å². The zero-order valence-corrected chi connectivity index (χ0v) is 26.2. The van der Waals surface area contributed by atoms with Crippen molar-refractivity contribution in [2.75, 3.05) is 13.1 Å². The molecule has 0 saturated heterocycles. The van der Waals surface area contributed by atoms with E-state index < -0.39 is 35.1 Å². The summed E-state index contributed by atoms with van der Waals surface area (Å²) in [5.41, 5.74) is 3.10. The fraction of sp³-hybridized carbons (Fsp3) is 0.500. The lowest BCUT2D eigenvalue weighted by Gasteiger charge is -2.42. The number of carbonyl (C=O) groups excluding carboxylic acids is 2. The number of aliphatic hydroxyl groups is 1. The van der Waals surface area contributed by atoms with Crippen LogP contribution in [-0.4, -0.2) is 42.2 Å². The molecule has 1 saturated carbocycles. The van der Waals surface area contributed by atoms with Crippen LogP contribution in [0.4, 0.5) is 8.78 Å². The zero-order valence-electron chi connectivity index (χ0n) is 26.2. The third-order valence-corrected chi connectivity index (χ3v) is 9.00. The fourth-order valence-electron chi connectivity index (χ4n) is 6.82. The summed E-state index contributed by atoms with van der Waals surface area (Å²) in [5.74, 6) is -1.76. The van der Waals surface area contributed by atoms with Crippen LogP contribution in [0.1, 0.15) is 76.0 Å². The normalized spacial score (nSPS) is 20.3. The summed E-state index contributed by atoms with van der Waals surface area (Å²) in [6.45, 7) is 7.06. The number of aryl methyl sites for hydroxylation is 1. The van der Waals surface area contributed by atoms with Crippen molar-refractivity contribution in [2.45, 2.75) is 90.8 Å². The van der Waals surface area contributed by atoms with Crippen LogP contribution in [0.25, 0.3) is 0 Å². The third kappa shape index (κ3) is 8.63. The first-order chi connectivity index (χ1) is 21.1. The van der Waals surface area contributed by atoms with Gasteiger partial charge in [-0.25, -0.2) is 8.78 Å². The third-order valence-electron chi connectivity index (χ3n) is 9.00. The summed E-state index contributed by atoms with van der Waals surface area (Å²) in [5, 5.41) is 20.5. The number of halogens is 2. The Kier molecular flexibility index (Phi) is 11.9. The van der Waals surface area contributed by atoms with Crippen molar-refractivity contribution in [3.63, 3.8) is 0 Å². The smallest absolute Gasteiger partial charge is 0.247 e. The van der Waals surface area contributed by atoms with Gasteiger partial charge in [-0.1, -0.05) is 68.2 Å². The summed E-state index contributed by atoms with van der Waals surface area (Å²) >= 11 is 0. The summed E-state index contributed by atoms with van der Waals surface area (Å²) < 4.78 is 28.1. The van der Waals surface area contributed by atoms with Crippen molar-refractivity contribution in [3.05, 3.63) is 94.1 Å². The van der Waals surface area contributed by atoms with Gasteiger partial charge in [0.1, 0.15) is 11.6 Å². The molecule has 44 heavy (non-hydrogen) atoms. The highest BCUT2D eigenvalue weighted by atomic mass is 19.1. The van der Waals surface area contributed by atoms with Crippen molar-refractivity contribution < 1.29 is 23.5 Å². The van der Waals surface area contributed by atoms with Crippen molar-refractivity contribution in [2.24, 2.45) is 11.3 Å². The molecule has 238 valence electrons. The molecule has 0 bridgehead atoms. The second-order valence-electron chi connectivity index (χ2n) is 12.4. The number of rotatable bonds is 13. The summed E-state index contributed by atoms with van der Waals surface area (Å²) in [4.78, 5) is 27.5. The van der Waals surface area contributed by atoms with E-state index in [-0.39, 0.29) is 31.2 Å². The van der Waals surface area contributed by atoms with E-state index in [4.69, 9.17) is 0 Å². The number of benzene rings is 2. The fourth-order valence-corrected chi connectivity index (χ4v) is 6.82. The minimum absolute atomic E-state index is 0.0285. The highest BCUT2D eigenvalue weighted by Gasteiger charge is 2.46. The Labute approximate surface area is 260 Å². The van der Waals surface area contributed by atoms with E-state index in [1.807, 2.05) is 32.1 Å². The molecule has 2 aliphatic carbocycles. The van der Waals surface area contributed by atoms with E-state index in [2.05, 4.69) is 35.0 Å². The van der Waals surface area contributed by atoms with E-state index in [1.165, 1.54) is 17.7 Å². The molecule has 2 aromatic rings. The molecule has 0 heterocycles. The molecule has 2 aliphatic rings. The summed E-state index contributed by atoms with van der Waals surface area (Å²) in [7, 11) is 0. The van der Waals surface area contributed by atoms with Gasteiger partial charge < -0.3 is 21.1 Å². The molecule has 0 aromatic heterocycles. The van der Waals surface area contributed by atoms with E-state index >= 15 is 0 Å². The first-order valence-corrected chi connectivity index (χ1v) is 16.0. The van der Waals surface area contributed by atoms with Gasteiger partial charge in [-0.3, -0.25) is 9.59 Å². The van der Waals surface area contributed by atoms with Crippen LogP contribution in [0.15, 0.2) is 65.8 Å². The first-order valence-electron chi connectivity index (χ1n) is 16.0. The molecule has 2 amide bonds. The van der Waals surface area contributed by atoms with Gasteiger partial charge >= 0.3 is 0 Å². The lowest BCUT2D eigenvalue weighted by atomic mass is 9.62. The Morgan fingerprint density at radius 3 is 2.39 bits per heavy atom. The second-order valence-corrected chi connectivity index (χ2v) is 12.4. The van der Waals surface area contributed by atoms with Gasteiger partial charge in [0, 0.05) is 31.3 Å². The number of aliphatic hydroxyl groups excluding tert-OH is 1. The number of carbonyl (C=O) groups is 2. The number of nitrogens with one attached hydrogen (secondary N) is 3. The first kappa shape index (κ1) is 33.5. The Balaban J connectivity index is 1.54. The molecule has 3 atom stereocenters. The molecular formula is C36H47F2N3O3. The predicted octanol–water partition coefficient (Wildman–Crippen LogP) is 5.68. The second kappa shape index (κ2) is 15.6. The van der Waals surface area contributed by atoms with Crippen LogP contribution in [-0.2, 0) is 29.0 Å². The quantitative estimate of drug-likeness (QED) is 0.236. The standard InChI is InChI=1S/C36H47F2N3O3/c1-4-25-10-9-11-26(15-25)22-39-23-33(42)32(18-27-16-30(37)19-31(38)17-27)41-34(43)28-14-24(3)20-36(21-28,35(44)40-5-2)29-12-7-6-8-13-29/h9-11,14-17,19-20,29,32-33,39,42H,4-8,12-13,18,21-23H2,1-3H3,(H,40,44)(H,41,43)/t32-,33+,36?/m0/s1. The van der Waals surface area contributed by atoms with Gasteiger partial charge in [-0.05, 0) is 80.7 Å². The molecule has 0 aliphatic heterocycles. The number of amides is 2. The molecule has 0 radical (unpaired) electrons. The van der Waals surface area contributed by atoms with E-state index in [9.17, 15) is 23.5 Å². The van der Waals surface area contributed by atoms with Crippen molar-refractivity contribution >= 4 is 11.8 Å². The van der Waals surface area contributed by atoms with Crippen LogP contribution in [0.2, 0.25) is 0 Å². The minimum atomic E-state index is -1.05. The minimum Gasteiger partial charge on any atom is -0.390 e. The number of hydrogen-bond donors (Lipinski definition) is 4. The molecule has 0 spiro atoms. The molecule has 4 N–H and O–H groups in total. The van der Waals surface area contributed by atoms with Gasteiger partial charge in [0.2, 0.25) is 11.8 Å². The Hall–Kier alpha value is -3.36. The van der Waals surface area contributed by atoms with Gasteiger partial charge in [0.15, 0.2) is 0 Å². The Morgan fingerprint density at radius 2 is 1.70 bits per heavy atom. The summed E-state index contributed by atoms with van der Waals surface area (Å²) in [6, 6.07) is 10.6. The van der Waals surface area contributed by atoms with Crippen LogP contribution in [0.5, 0.6) is 0 Å². The predicted molar refractivity (Wildman–Crippen MR) is 170 cm³/mol. The van der Waals surface area contributed by atoms with Gasteiger partial charge in [0.05, 0.1) is 17.6 Å². The van der Waals surface area contributed by atoms with Crippen molar-refractivity contribution in [1.82, 2.24) is 16.0 Å². The maximum absolute atomic E-state index is 14.1. The average molecular weight is 608 g/mol. The largest absolute Gasteiger partial charge is 0.390 e. The Bertz CT molecular complexity index is 1350. The average Bonchev–Trinajstić information content (AvgIpc) is 3.00. The SMILES string of the molecule is CCNC(=O)C1(C2CCCCC2)C=C(C)C=C(C(=O)N[C@@H](Cc2cc(F)cc(F)c2)[C@H](O)CNCc2cccc(CC)c2)C1. The number of allylic oxidation sites excluding steroid dienone is 2. The summed E-state index contributed by atoms with van der Waals surface area (Å²) in [6.07, 6.45) is 9.10. The zero-order chi connectivity index (χ0) is 31.7. The molecule has 6 nitrogen and oxygen atoms in total. The molecule has 4 rings (SSSR count). The molecule has 8 heteroatoms. The number of hydrogen-bond acceptors (Lipinski definition) is 4.